The van der Waals surface area contributed by atoms with E-state index in [9.17, 15) is 9.90 Å². The predicted molar refractivity (Wildman–Crippen MR) is 85.2 cm³/mol. The minimum atomic E-state index is -0.241. The number of hydrogen-bond donors (Lipinski definition) is 2. The van der Waals surface area contributed by atoms with E-state index in [-0.39, 0.29) is 30.0 Å². The Morgan fingerprint density at radius 3 is 2.70 bits per heavy atom. The van der Waals surface area contributed by atoms with Gasteiger partial charge in [0.15, 0.2) is 0 Å². The van der Waals surface area contributed by atoms with Gasteiger partial charge in [-0.1, -0.05) is 0 Å². The first-order valence-electron chi connectivity index (χ1n) is 9.18. The van der Waals surface area contributed by atoms with Crippen LogP contribution in [-0.4, -0.2) is 47.7 Å². The molecule has 4 bridgehead atoms. The predicted octanol–water partition coefficient (Wildman–Crippen LogP) is 1.28. The van der Waals surface area contributed by atoms with E-state index in [0.29, 0.717) is 19.0 Å². The molecule has 4 saturated carbocycles. The summed E-state index contributed by atoms with van der Waals surface area (Å²) in [7, 11) is 0. The van der Waals surface area contributed by atoms with Gasteiger partial charge in [-0.3, -0.25) is 4.79 Å². The van der Waals surface area contributed by atoms with E-state index in [0.717, 1.165) is 37.5 Å². The van der Waals surface area contributed by atoms with Gasteiger partial charge in [0.25, 0.3) is 0 Å². The molecule has 4 aliphatic carbocycles. The molecule has 23 heavy (non-hydrogen) atoms. The SMILES string of the molecule is N#C[C@@H]1CCCN1C(=O)CN[C@@H]1C2C[C@@H]3C[C@H](C2)CC1(CO)C3. The smallest absolute Gasteiger partial charge is 0.237 e. The molecule has 5 nitrogen and oxygen atoms in total. The fourth-order valence-electron chi connectivity index (χ4n) is 6.32. The van der Waals surface area contributed by atoms with Gasteiger partial charge in [0.05, 0.1) is 19.2 Å². The van der Waals surface area contributed by atoms with Crippen molar-refractivity contribution in [2.45, 2.75) is 57.0 Å². The van der Waals surface area contributed by atoms with Crippen LogP contribution >= 0.6 is 0 Å². The Morgan fingerprint density at radius 1 is 1.30 bits per heavy atom. The summed E-state index contributed by atoms with van der Waals surface area (Å²) in [6.07, 6.45) is 7.84. The largest absolute Gasteiger partial charge is 0.396 e. The molecular formula is C18H27N3O2. The van der Waals surface area contributed by atoms with E-state index < -0.39 is 0 Å². The minimum Gasteiger partial charge on any atom is -0.396 e. The first kappa shape index (κ1) is 15.4. The lowest BCUT2D eigenvalue weighted by molar-refractivity contribution is -0.133. The number of likely N-dealkylation sites (tertiary alicyclic amines) is 1. The molecule has 0 radical (unpaired) electrons. The number of nitrogens with zero attached hydrogens (tertiary/aromatic N) is 2. The maximum atomic E-state index is 12.5. The third-order valence-corrected chi connectivity index (χ3v) is 6.97. The molecule has 5 aliphatic rings. The second-order valence-corrected chi connectivity index (χ2v) is 8.36. The number of amides is 1. The van der Waals surface area contributed by atoms with Gasteiger partial charge in [-0.25, -0.2) is 0 Å². The topological polar surface area (TPSA) is 76.4 Å². The van der Waals surface area contributed by atoms with Crippen LogP contribution in [0.25, 0.3) is 0 Å². The number of carbonyl (C=O) groups is 1. The van der Waals surface area contributed by atoms with E-state index in [4.69, 9.17) is 5.26 Å². The Bertz CT molecular complexity index is 515. The number of nitriles is 1. The fraction of sp³-hybridized carbons (Fsp3) is 0.889. The van der Waals surface area contributed by atoms with Gasteiger partial charge in [0.1, 0.15) is 6.04 Å². The molecule has 126 valence electrons. The zero-order chi connectivity index (χ0) is 16.0. The summed E-state index contributed by atoms with van der Waals surface area (Å²) in [6.45, 7) is 1.27. The van der Waals surface area contributed by atoms with Gasteiger partial charge in [0.2, 0.25) is 5.91 Å². The Morgan fingerprint density at radius 2 is 2.04 bits per heavy atom. The van der Waals surface area contributed by atoms with Crippen molar-refractivity contribution in [2.75, 3.05) is 19.7 Å². The van der Waals surface area contributed by atoms with Crippen LogP contribution in [-0.2, 0) is 4.79 Å². The number of carbonyl (C=O) groups excluding carboxylic acids is 1. The van der Waals surface area contributed by atoms with Gasteiger partial charge in [0, 0.05) is 18.0 Å². The first-order valence-corrected chi connectivity index (χ1v) is 9.18. The van der Waals surface area contributed by atoms with Crippen LogP contribution < -0.4 is 5.32 Å². The third kappa shape index (κ3) is 2.47. The second kappa shape index (κ2) is 5.75. The van der Waals surface area contributed by atoms with Gasteiger partial charge in [-0.05, 0) is 62.7 Å². The number of rotatable bonds is 4. The molecule has 5 heteroatoms. The van der Waals surface area contributed by atoms with Crippen molar-refractivity contribution in [2.24, 2.45) is 23.2 Å². The maximum Gasteiger partial charge on any atom is 0.237 e. The number of nitrogens with one attached hydrogen (secondary N) is 1. The van der Waals surface area contributed by atoms with E-state index in [1.807, 2.05) is 0 Å². The Balaban J connectivity index is 1.42. The van der Waals surface area contributed by atoms with Crippen molar-refractivity contribution >= 4 is 5.91 Å². The van der Waals surface area contributed by atoms with Crippen LogP contribution in [0.3, 0.4) is 0 Å². The molecule has 6 atom stereocenters. The van der Waals surface area contributed by atoms with E-state index in [2.05, 4.69) is 11.4 Å². The molecule has 0 aromatic rings. The number of aliphatic hydroxyl groups excluding tert-OH is 1. The number of hydrogen-bond acceptors (Lipinski definition) is 4. The van der Waals surface area contributed by atoms with Gasteiger partial charge in [-0.15, -0.1) is 0 Å². The van der Waals surface area contributed by atoms with Crippen molar-refractivity contribution in [3.63, 3.8) is 0 Å². The standard InChI is InChI=1S/C18H27N3O2/c19-9-15-2-1-3-21(15)16(23)10-20-17-14-5-12-4-13(6-14)8-18(17,7-12)11-22/h12-15,17,20,22H,1-8,10-11H2/t12-,13+,14?,15-,17+,18?/m0/s1. The van der Waals surface area contributed by atoms with Crippen molar-refractivity contribution in [1.82, 2.24) is 10.2 Å². The van der Waals surface area contributed by atoms with Crippen LogP contribution in [0.4, 0.5) is 0 Å². The van der Waals surface area contributed by atoms with E-state index >= 15 is 0 Å². The van der Waals surface area contributed by atoms with Gasteiger partial charge in [-0.2, -0.15) is 5.26 Å². The summed E-state index contributed by atoms with van der Waals surface area (Å²) >= 11 is 0. The normalized spacial score (nSPS) is 44.5. The summed E-state index contributed by atoms with van der Waals surface area (Å²) in [5.74, 6) is 2.24. The van der Waals surface area contributed by atoms with E-state index in [1.54, 1.807) is 4.90 Å². The molecule has 5 fully saturated rings. The Labute approximate surface area is 138 Å². The summed E-state index contributed by atoms with van der Waals surface area (Å²) in [5.41, 5.74) is -0.00529. The fourth-order valence-corrected chi connectivity index (χ4v) is 6.32. The number of aliphatic hydroxyl groups is 1. The summed E-state index contributed by atoms with van der Waals surface area (Å²) in [6, 6.07) is 2.27. The van der Waals surface area contributed by atoms with Crippen molar-refractivity contribution in [3.8, 4) is 6.07 Å². The van der Waals surface area contributed by atoms with Gasteiger partial charge < -0.3 is 15.3 Å². The molecule has 2 unspecified atom stereocenters. The lowest BCUT2D eigenvalue weighted by Crippen LogP contribution is -2.63. The molecule has 1 heterocycles. The zero-order valence-electron chi connectivity index (χ0n) is 13.7. The summed E-state index contributed by atoms with van der Waals surface area (Å²) in [4.78, 5) is 14.2. The molecule has 0 aromatic carbocycles. The quantitative estimate of drug-likeness (QED) is 0.819. The highest BCUT2D eigenvalue weighted by atomic mass is 16.3. The lowest BCUT2D eigenvalue weighted by Gasteiger charge is -2.61. The van der Waals surface area contributed by atoms with Crippen LogP contribution in [0, 0.1) is 34.5 Å². The molecule has 1 saturated heterocycles. The average molecular weight is 317 g/mol. The Kier molecular flexibility index (Phi) is 3.85. The Hall–Kier alpha value is -1.12. The summed E-state index contributed by atoms with van der Waals surface area (Å²) in [5, 5.41) is 22.7. The van der Waals surface area contributed by atoms with Crippen molar-refractivity contribution in [1.29, 1.82) is 5.26 Å². The lowest BCUT2D eigenvalue weighted by atomic mass is 9.47. The second-order valence-electron chi connectivity index (χ2n) is 8.36. The minimum absolute atomic E-state index is 0.00529. The molecule has 1 amide bonds. The van der Waals surface area contributed by atoms with Crippen LogP contribution in [0.15, 0.2) is 0 Å². The highest BCUT2D eigenvalue weighted by molar-refractivity contribution is 5.79. The van der Waals surface area contributed by atoms with Crippen LogP contribution in [0.2, 0.25) is 0 Å². The van der Waals surface area contributed by atoms with Crippen LogP contribution in [0.5, 0.6) is 0 Å². The molecule has 0 aromatic heterocycles. The highest BCUT2D eigenvalue weighted by Crippen LogP contribution is 2.59. The zero-order valence-corrected chi connectivity index (χ0v) is 13.7. The molecule has 2 N–H and O–H groups in total. The average Bonchev–Trinajstić information content (AvgIpc) is 3.02. The van der Waals surface area contributed by atoms with Crippen LogP contribution in [0.1, 0.15) is 44.9 Å². The van der Waals surface area contributed by atoms with Gasteiger partial charge >= 0.3 is 0 Å². The van der Waals surface area contributed by atoms with E-state index in [1.165, 1.54) is 19.3 Å². The third-order valence-electron chi connectivity index (χ3n) is 6.97. The monoisotopic (exact) mass is 317 g/mol. The molecule has 0 spiro atoms. The molecular weight excluding hydrogens is 290 g/mol. The highest BCUT2D eigenvalue weighted by Gasteiger charge is 2.56. The molecule has 5 rings (SSSR count). The molecule has 1 aliphatic heterocycles. The summed E-state index contributed by atoms with van der Waals surface area (Å²) < 4.78 is 0. The van der Waals surface area contributed by atoms with Crippen molar-refractivity contribution in [3.05, 3.63) is 0 Å². The van der Waals surface area contributed by atoms with Crippen molar-refractivity contribution < 1.29 is 9.90 Å². The maximum absolute atomic E-state index is 12.5. The first-order chi connectivity index (χ1) is 11.1.